The van der Waals surface area contributed by atoms with Crippen molar-refractivity contribution in [2.75, 3.05) is 13.1 Å². The molecule has 4 nitrogen and oxygen atoms in total. The third-order valence-corrected chi connectivity index (χ3v) is 5.66. The van der Waals surface area contributed by atoms with Gasteiger partial charge in [-0.25, -0.2) is 0 Å². The van der Waals surface area contributed by atoms with E-state index in [2.05, 4.69) is 10.6 Å². The van der Waals surface area contributed by atoms with Gasteiger partial charge in [-0.3, -0.25) is 9.59 Å². The van der Waals surface area contributed by atoms with Crippen molar-refractivity contribution in [3.63, 3.8) is 0 Å². The second-order valence-corrected chi connectivity index (χ2v) is 8.33. The van der Waals surface area contributed by atoms with E-state index in [4.69, 9.17) is 0 Å². The predicted octanol–water partition coefficient (Wildman–Crippen LogP) is 5.16. The van der Waals surface area contributed by atoms with Crippen LogP contribution < -0.4 is 10.6 Å². The molecule has 0 bridgehead atoms. The molecule has 2 aromatic rings. The fourth-order valence-corrected chi connectivity index (χ4v) is 3.97. The number of hydrogen-bond donors (Lipinski definition) is 2. The molecule has 0 saturated heterocycles. The number of allylic oxidation sites excluding steroid dienone is 10. The van der Waals surface area contributed by atoms with Gasteiger partial charge >= 0.3 is 0 Å². The molecule has 181 valence electrons. The zero-order valence-electron chi connectivity index (χ0n) is 19.8. The van der Waals surface area contributed by atoms with Gasteiger partial charge in [0.1, 0.15) is 0 Å². The molecule has 0 aromatic heterocycles. The van der Waals surface area contributed by atoms with E-state index in [-0.39, 0.29) is 28.6 Å². The van der Waals surface area contributed by atoms with Gasteiger partial charge in [-0.1, -0.05) is 84.0 Å². The average Bonchev–Trinajstić information content (AvgIpc) is 2.86. The number of hydrogen-bond acceptors (Lipinski definition) is 4. The molecule has 5 heteroatoms. The number of carbonyl (C=O) groups excluding carboxylic acids is 2. The van der Waals surface area contributed by atoms with Crippen molar-refractivity contribution in [2.24, 2.45) is 0 Å². The summed E-state index contributed by atoms with van der Waals surface area (Å²) in [6, 6.07) is 19.8. The number of benzene rings is 2. The van der Waals surface area contributed by atoms with Crippen molar-refractivity contribution in [3.05, 3.63) is 131 Å². The Morgan fingerprint density at radius 2 is 0.971 bits per heavy atom. The maximum absolute atomic E-state index is 12.7. The topological polar surface area (TPSA) is 58.2 Å². The summed E-state index contributed by atoms with van der Waals surface area (Å²) in [7, 11) is 0. The molecule has 2 aromatic carbocycles. The first-order valence-electron chi connectivity index (χ1n) is 11.4. The Balaban J connectivity index is 0.00000342. The molecule has 2 N–H and O–H groups in total. The summed E-state index contributed by atoms with van der Waals surface area (Å²) in [5.74, 6) is -0.0330. The number of ketones is 2. The molecule has 0 atom stereocenters. The van der Waals surface area contributed by atoms with Gasteiger partial charge in [0.25, 0.3) is 0 Å². The van der Waals surface area contributed by atoms with Gasteiger partial charge < -0.3 is 10.6 Å². The van der Waals surface area contributed by atoms with E-state index in [1.807, 2.05) is 98.8 Å². The van der Waals surface area contributed by atoms with Crippen LogP contribution in [0.1, 0.15) is 25.0 Å². The van der Waals surface area contributed by atoms with Crippen molar-refractivity contribution in [2.45, 2.75) is 13.8 Å². The van der Waals surface area contributed by atoms with Gasteiger partial charge in [0.2, 0.25) is 0 Å². The van der Waals surface area contributed by atoms with Crippen LogP contribution in [0.4, 0.5) is 0 Å². The Bertz CT molecular complexity index is 1180. The molecule has 0 unspecified atom stereocenters. The fraction of sp³-hybridized carbons (Fsp3) is 0.133. The van der Waals surface area contributed by atoms with Gasteiger partial charge in [0.05, 0.1) is 11.4 Å². The summed E-state index contributed by atoms with van der Waals surface area (Å²) in [5.41, 5.74) is 6.89. The second kappa shape index (κ2) is 12.2. The number of nitrogens with one attached hydrogen (secondary N) is 2. The second-order valence-electron chi connectivity index (χ2n) is 8.33. The summed E-state index contributed by atoms with van der Waals surface area (Å²) in [6.45, 7) is 5.09. The quantitative estimate of drug-likeness (QED) is 0.306. The summed E-state index contributed by atoms with van der Waals surface area (Å²) < 4.78 is 0. The van der Waals surface area contributed by atoms with Crippen LogP contribution in [0.5, 0.6) is 0 Å². The van der Waals surface area contributed by atoms with E-state index in [9.17, 15) is 9.59 Å². The fourth-order valence-electron chi connectivity index (χ4n) is 3.97. The molecule has 4 rings (SSSR count). The van der Waals surface area contributed by atoms with Crippen molar-refractivity contribution < 1.29 is 26.7 Å². The smallest absolute Gasteiger partial charge is 0.187 e. The zero-order chi connectivity index (χ0) is 23.9. The van der Waals surface area contributed by atoms with Crippen LogP contribution in [0, 0.1) is 0 Å². The van der Waals surface area contributed by atoms with Gasteiger partial charge in [-0.15, -0.1) is 0 Å². The molecule has 0 saturated carbocycles. The summed E-state index contributed by atoms with van der Waals surface area (Å²) in [6.07, 6.45) is 10.7. The molecule has 0 aliphatic heterocycles. The minimum Gasteiger partial charge on any atom is -0.382 e. The van der Waals surface area contributed by atoms with Crippen molar-refractivity contribution in [1.29, 1.82) is 0 Å². The average molecular weight is 512 g/mol. The van der Waals surface area contributed by atoms with Gasteiger partial charge in [0, 0.05) is 41.3 Å². The zero-order valence-corrected chi connectivity index (χ0v) is 20.7. The van der Waals surface area contributed by atoms with E-state index in [1.165, 1.54) is 0 Å². The summed E-state index contributed by atoms with van der Waals surface area (Å²) >= 11 is 0. The standard InChI is InChI=1S/C30H28N2O2.Cu/c1-21-13-15-27(33)25(19-21)29(23-9-5-3-6-10-23)31-17-18-32-30(24-11-7-4-8-12-24)26-20-22(2)14-16-28(26)34;/h3-16,19-20,31-32H,17-18H2,1-2H3;/b29-25-,30-26-;. The molecule has 0 amide bonds. The number of rotatable bonds is 7. The Hall–Kier alpha value is -3.66. The maximum Gasteiger partial charge on any atom is 0.187 e. The van der Waals surface area contributed by atoms with Gasteiger partial charge in [-0.2, -0.15) is 0 Å². The van der Waals surface area contributed by atoms with Crippen molar-refractivity contribution >= 4 is 23.0 Å². The van der Waals surface area contributed by atoms with Crippen LogP contribution in [0.3, 0.4) is 0 Å². The minimum atomic E-state index is -0.0165. The molecule has 2 aliphatic carbocycles. The first kappa shape index (κ1) is 26.0. The van der Waals surface area contributed by atoms with Crippen LogP contribution in [0.25, 0.3) is 11.4 Å². The van der Waals surface area contributed by atoms with E-state index in [1.54, 1.807) is 12.2 Å². The Kier molecular flexibility index (Phi) is 9.02. The Morgan fingerprint density at radius 3 is 1.34 bits per heavy atom. The van der Waals surface area contributed by atoms with Crippen molar-refractivity contribution in [3.8, 4) is 0 Å². The van der Waals surface area contributed by atoms with Gasteiger partial charge in [-0.05, 0) is 49.3 Å². The first-order chi connectivity index (χ1) is 16.5. The van der Waals surface area contributed by atoms with Crippen LogP contribution in [-0.2, 0) is 26.7 Å². The maximum atomic E-state index is 12.7. The Morgan fingerprint density at radius 1 is 0.600 bits per heavy atom. The van der Waals surface area contributed by atoms with Crippen LogP contribution in [-0.4, -0.2) is 24.7 Å². The Labute approximate surface area is 217 Å². The number of carbonyl (C=O) groups is 2. The third-order valence-electron chi connectivity index (χ3n) is 5.66. The van der Waals surface area contributed by atoms with E-state index in [0.717, 1.165) is 33.7 Å². The monoisotopic (exact) mass is 511 g/mol. The van der Waals surface area contributed by atoms with Crippen LogP contribution in [0.2, 0.25) is 0 Å². The summed E-state index contributed by atoms with van der Waals surface area (Å²) in [5, 5.41) is 6.93. The largest absolute Gasteiger partial charge is 0.382 e. The first-order valence-corrected chi connectivity index (χ1v) is 11.4. The SMILES string of the molecule is CC1=C/C(=C(/NCCN/C(=C2/C=C(C)C=CC2=O)c2ccccc2)c2ccccc2)C(=O)C=C1.[Cu]. The molecule has 35 heavy (non-hydrogen) atoms. The molecular formula is C30H28CuN2O2. The summed E-state index contributed by atoms with van der Waals surface area (Å²) in [4.78, 5) is 25.3. The van der Waals surface area contributed by atoms with Crippen molar-refractivity contribution in [1.82, 2.24) is 10.6 Å². The minimum absolute atomic E-state index is 0. The molecule has 0 spiro atoms. The van der Waals surface area contributed by atoms with E-state index in [0.29, 0.717) is 24.2 Å². The predicted molar refractivity (Wildman–Crippen MR) is 139 cm³/mol. The molecule has 1 radical (unpaired) electrons. The van der Waals surface area contributed by atoms with Gasteiger partial charge in [0.15, 0.2) is 11.6 Å². The van der Waals surface area contributed by atoms with Crippen LogP contribution in [0.15, 0.2) is 119 Å². The van der Waals surface area contributed by atoms with Crippen LogP contribution >= 0.6 is 0 Å². The molecule has 2 aliphatic rings. The van der Waals surface area contributed by atoms with E-state index < -0.39 is 0 Å². The molecule has 0 fully saturated rings. The normalized spacial score (nSPS) is 17.8. The molecule has 0 heterocycles. The molecular weight excluding hydrogens is 484 g/mol. The third kappa shape index (κ3) is 6.48. The van der Waals surface area contributed by atoms with E-state index >= 15 is 0 Å².